The molecule has 0 aliphatic rings. The molecule has 3 aromatic rings. The lowest BCUT2D eigenvalue weighted by Crippen LogP contribution is -2.28. The molecule has 0 aliphatic heterocycles. The molecule has 5 nitrogen and oxygen atoms in total. The molecule has 138 valence electrons. The number of hydrogen-bond donors (Lipinski definition) is 1. The molecule has 0 atom stereocenters. The van der Waals surface area contributed by atoms with Crippen LogP contribution in [0.5, 0.6) is 0 Å². The molecule has 1 aromatic heterocycles. The first-order valence-corrected chi connectivity index (χ1v) is 9.21. The van der Waals surface area contributed by atoms with Crippen LogP contribution in [0.4, 0.5) is 5.82 Å². The maximum absolute atomic E-state index is 12.2. The van der Waals surface area contributed by atoms with Crippen LogP contribution in [0.25, 0.3) is 0 Å². The zero-order valence-electron chi connectivity index (χ0n) is 15.5. The van der Waals surface area contributed by atoms with E-state index in [4.69, 9.17) is 0 Å². The highest BCUT2D eigenvalue weighted by molar-refractivity contribution is 5.92. The molecular formula is C22H24N4O. The summed E-state index contributed by atoms with van der Waals surface area (Å²) in [5.41, 5.74) is 2.74. The molecule has 2 aromatic carbocycles. The van der Waals surface area contributed by atoms with Crippen molar-refractivity contribution in [2.75, 3.05) is 18.0 Å². The fourth-order valence-corrected chi connectivity index (χ4v) is 2.83. The summed E-state index contributed by atoms with van der Waals surface area (Å²) in [7, 11) is 0. The number of aromatic nitrogens is 2. The molecule has 5 heteroatoms. The first-order chi connectivity index (χ1) is 13.3. The second-order valence-corrected chi connectivity index (χ2v) is 6.27. The SMILES string of the molecule is CCN(Cc1ccccc1)c1ccc(C(=O)NCCc2ccccc2)nn1. The van der Waals surface area contributed by atoms with Gasteiger partial charge in [-0.05, 0) is 36.6 Å². The lowest BCUT2D eigenvalue weighted by Gasteiger charge is -2.21. The first-order valence-electron chi connectivity index (χ1n) is 9.21. The van der Waals surface area contributed by atoms with Crippen LogP contribution >= 0.6 is 0 Å². The average Bonchev–Trinajstić information content (AvgIpc) is 2.73. The van der Waals surface area contributed by atoms with Gasteiger partial charge in [-0.1, -0.05) is 60.7 Å². The maximum atomic E-state index is 12.2. The monoisotopic (exact) mass is 360 g/mol. The quantitative estimate of drug-likeness (QED) is 0.668. The van der Waals surface area contributed by atoms with Crippen molar-refractivity contribution in [1.29, 1.82) is 0 Å². The second-order valence-electron chi connectivity index (χ2n) is 6.27. The minimum Gasteiger partial charge on any atom is -0.351 e. The third kappa shape index (κ3) is 5.38. The molecule has 0 saturated carbocycles. The van der Waals surface area contributed by atoms with Crippen LogP contribution in [0, 0.1) is 0 Å². The second kappa shape index (κ2) is 9.48. The predicted octanol–water partition coefficient (Wildman–Crippen LogP) is 3.48. The van der Waals surface area contributed by atoms with Crippen LogP contribution in [-0.2, 0) is 13.0 Å². The van der Waals surface area contributed by atoms with Crippen LogP contribution in [0.15, 0.2) is 72.8 Å². The van der Waals surface area contributed by atoms with E-state index >= 15 is 0 Å². The Kier molecular flexibility index (Phi) is 6.52. The molecule has 3 rings (SSSR count). The summed E-state index contributed by atoms with van der Waals surface area (Å²) < 4.78 is 0. The molecule has 1 amide bonds. The number of carbonyl (C=O) groups excluding carboxylic acids is 1. The Hall–Kier alpha value is -3.21. The van der Waals surface area contributed by atoms with Crippen molar-refractivity contribution in [1.82, 2.24) is 15.5 Å². The number of amides is 1. The van der Waals surface area contributed by atoms with Crippen molar-refractivity contribution in [3.05, 3.63) is 89.6 Å². The fourth-order valence-electron chi connectivity index (χ4n) is 2.83. The zero-order valence-corrected chi connectivity index (χ0v) is 15.5. The normalized spacial score (nSPS) is 10.4. The maximum Gasteiger partial charge on any atom is 0.271 e. The van der Waals surface area contributed by atoms with Gasteiger partial charge >= 0.3 is 0 Å². The highest BCUT2D eigenvalue weighted by atomic mass is 16.1. The van der Waals surface area contributed by atoms with Gasteiger partial charge in [0.1, 0.15) is 0 Å². The number of benzene rings is 2. The van der Waals surface area contributed by atoms with Crippen molar-refractivity contribution < 1.29 is 4.79 Å². The van der Waals surface area contributed by atoms with Crippen molar-refractivity contribution >= 4 is 11.7 Å². The van der Waals surface area contributed by atoms with E-state index < -0.39 is 0 Å². The van der Waals surface area contributed by atoms with Crippen molar-refractivity contribution in [3.63, 3.8) is 0 Å². The zero-order chi connectivity index (χ0) is 18.9. The van der Waals surface area contributed by atoms with E-state index in [1.807, 2.05) is 54.6 Å². The summed E-state index contributed by atoms with van der Waals surface area (Å²) >= 11 is 0. The van der Waals surface area contributed by atoms with E-state index in [1.165, 1.54) is 11.1 Å². The molecule has 27 heavy (non-hydrogen) atoms. The van der Waals surface area contributed by atoms with Gasteiger partial charge in [-0.25, -0.2) is 0 Å². The van der Waals surface area contributed by atoms with Crippen molar-refractivity contribution in [2.24, 2.45) is 0 Å². The summed E-state index contributed by atoms with van der Waals surface area (Å²) in [5, 5.41) is 11.3. The highest BCUT2D eigenvalue weighted by Crippen LogP contribution is 2.13. The Morgan fingerprint density at radius 3 is 2.15 bits per heavy atom. The Balaban J connectivity index is 1.56. The van der Waals surface area contributed by atoms with Gasteiger partial charge in [0.05, 0.1) is 0 Å². The summed E-state index contributed by atoms with van der Waals surface area (Å²) in [6, 6.07) is 23.9. The van der Waals surface area contributed by atoms with Crippen LogP contribution in [0.2, 0.25) is 0 Å². The van der Waals surface area contributed by atoms with Crippen LogP contribution in [0.1, 0.15) is 28.5 Å². The number of hydrogen-bond acceptors (Lipinski definition) is 4. The molecule has 0 radical (unpaired) electrons. The minimum absolute atomic E-state index is 0.198. The number of nitrogens with one attached hydrogen (secondary N) is 1. The Morgan fingerprint density at radius 1 is 0.889 bits per heavy atom. The largest absolute Gasteiger partial charge is 0.351 e. The molecule has 0 fully saturated rings. The molecule has 0 saturated heterocycles. The van der Waals surface area contributed by atoms with Crippen LogP contribution in [-0.4, -0.2) is 29.2 Å². The molecule has 1 heterocycles. The first kappa shape index (κ1) is 18.6. The molecular weight excluding hydrogens is 336 g/mol. The summed E-state index contributed by atoms with van der Waals surface area (Å²) in [5.74, 6) is 0.568. The number of nitrogens with zero attached hydrogens (tertiary/aromatic N) is 3. The lowest BCUT2D eigenvalue weighted by molar-refractivity contribution is 0.0948. The van der Waals surface area contributed by atoms with E-state index in [2.05, 4.69) is 39.5 Å². The van der Waals surface area contributed by atoms with Gasteiger partial charge in [-0.2, -0.15) is 0 Å². The Bertz CT molecular complexity index is 835. The third-order valence-corrected chi connectivity index (χ3v) is 4.35. The van der Waals surface area contributed by atoms with Gasteiger partial charge in [-0.3, -0.25) is 4.79 Å². The molecule has 0 spiro atoms. The topological polar surface area (TPSA) is 58.1 Å². The fraction of sp³-hybridized carbons (Fsp3) is 0.227. The molecule has 1 N–H and O–H groups in total. The van der Waals surface area contributed by atoms with E-state index in [9.17, 15) is 4.79 Å². The van der Waals surface area contributed by atoms with E-state index in [0.29, 0.717) is 12.2 Å². The Morgan fingerprint density at radius 2 is 1.56 bits per heavy atom. The van der Waals surface area contributed by atoms with Gasteiger partial charge in [-0.15, -0.1) is 10.2 Å². The Labute approximate surface area is 160 Å². The number of anilines is 1. The lowest BCUT2D eigenvalue weighted by atomic mass is 10.1. The van der Waals surface area contributed by atoms with Crippen LogP contribution in [0.3, 0.4) is 0 Å². The third-order valence-electron chi connectivity index (χ3n) is 4.35. The standard InChI is InChI=1S/C22H24N4O/c1-2-26(17-19-11-7-4-8-12-19)21-14-13-20(24-25-21)22(27)23-16-15-18-9-5-3-6-10-18/h3-14H,2,15-17H2,1H3,(H,23,27). The van der Waals surface area contributed by atoms with Gasteiger partial charge in [0, 0.05) is 19.6 Å². The molecule has 0 bridgehead atoms. The average molecular weight is 360 g/mol. The van der Waals surface area contributed by atoms with E-state index in [0.717, 1.165) is 25.3 Å². The van der Waals surface area contributed by atoms with Crippen molar-refractivity contribution in [2.45, 2.75) is 19.9 Å². The van der Waals surface area contributed by atoms with Gasteiger partial charge in [0.15, 0.2) is 11.5 Å². The molecule has 0 unspecified atom stereocenters. The predicted molar refractivity (Wildman–Crippen MR) is 108 cm³/mol. The van der Waals surface area contributed by atoms with Gasteiger partial charge < -0.3 is 10.2 Å². The van der Waals surface area contributed by atoms with Crippen molar-refractivity contribution in [3.8, 4) is 0 Å². The van der Waals surface area contributed by atoms with E-state index in [-0.39, 0.29) is 5.91 Å². The summed E-state index contributed by atoms with van der Waals surface area (Å²) in [6.45, 7) is 4.22. The van der Waals surface area contributed by atoms with Crippen LogP contribution < -0.4 is 10.2 Å². The van der Waals surface area contributed by atoms with E-state index in [1.54, 1.807) is 6.07 Å². The highest BCUT2D eigenvalue weighted by Gasteiger charge is 2.11. The van der Waals surface area contributed by atoms with Gasteiger partial charge in [0.2, 0.25) is 0 Å². The van der Waals surface area contributed by atoms with Gasteiger partial charge in [0.25, 0.3) is 5.91 Å². The smallest absolute Gasteiger partial charge is 0.271 e. The number of rotatable bonds is 8. The summed E-state index contributed by atoms with van der Waals surface area (Å²) in [4.78, 5) is 14.4. The summed E-state index contributed by atoms with van der Waals surface area (Å²) in [6.07, 6.45) is 0.790. The number of carbonyl (C=O) groups is 1. The minimum atomic E-state index is -0.198. The molecule has 0 aliphatic carbocycles.